The van der Waals surface area contributed by atoms with Crippen molar-refractivity contribution in [2.24, 2.45) is 7.05 Å². The van der Waals surface area contributed by atoms with Crippen LogP contribution in [0.4, 0.5) is 13.2 Å². The molecule has 2 heterocycles. The third-order valence-electron chi connectivity index (χ3n) is 3.64. The molecule has 0 amide bonds. The second-order valence-electron chi connectivity index (χ2n) is 5.82. The highest BCUT2D eigenvalue weighted by Crippen LogP contribution is 2.31. The molecule has 0 radical (unpaired) electrons. The summed E-state index contributed by atoms with van der Waals surface area (Å²) in [5.74, 6) is 0.454. The molecule has 0 unspecified atom stereocenters. The summed E-state index contributed by atoms with van der Waals surface area (Å²) in [5.41, 5.74) is -0.667. The first-order chi connectivity index (χ1) is 13.2. The number of alkyl halides is 3. The monoisotopic (exact) mass is 410 g/mol. The van der Waals surface area contributed by atoms with Crippen molar-refractivity contribution in [3.63, 3.8) is 0 Å². The van der Waals surface area contributed by atoms with Crippen LogP contribution in [0, 0.1) is 0 Å². The Morgan fingerprint density at radius 3 is 2.79 bits per heavy atom. The molecule has 0 spiro atoms. The molecule has 0 aliphatic rings. The van der Waals surface area contributed by atoms with Gasteiger partial charge >= 0.3 is 6.18 Å². The minimum atomic E-state index is -4.44. The Balaban J connectivity index is 1.62. The summed E-state index contributed by atoms with van der Waals surface area (Å²) in [6.07, 6.45) is -0.213. The van der Waals surface area contributed by atoms with Crippen molar-refractivity contribution >= 4 is 23.5 Å². The highest BCUT2D eigenvalue weighted by molar-refractivity contribution is 6.34. The second-order valence-corrected chi connectivity index (χ2v) is 6.22. The Hall–Kier alpha value is -3.00. The van der Waals surface area contributed by atoms with Gasteiger partial charge in [0.15, 0.2) is 5.69 Å². The summed E-state index contributed by atoms with van der Waals surface area (Å²) in [6.45, 7) is -0.0604. The summed E-state index contributed by atoms with van der Waals surface area (Å²) in [6, 6.07) is 7.78. The van der Waals surface area contributed by atoms with Gasteiger partial charge in [0.05, 0.1) is 10.6 Å². The molecule has 3 rings (SSSR count). The van der Waals surface area contributed by atoms with Crippen molar-refractivity contribution < 1.29 is 27.1 Å². The molecule has 0 N–H and O–H groups in total. The summed E-state index contributed by atoms with van der Waals surface area (Å²) in [5, 5.41) is 4.21. The number of furan rings is 1. The van der Waals surface area contributed by atoms with Gasteiger partial charge < -0.3 is 9.15 Å². The van der Waals surface area contributed by atoms with E-state index in [1.807, 2.05) is 0 Å². The fourth-order valence-electron chi connectivity index (χ4n) is 2.34. The van der Waals surface area contributed by atoms with Crippen LogP contribution >= 0.6 is 11.6 Å². The zero-order valence-electron chi connectivity index (χ0n) is 14.5. The van der Waals surface area contributed by atoms with Gasteiger partial charge in [-0.3, -0.25) is 9.48 Å². The third-order valence-corrected chi connectivity index (χ3v) is 3.92. The summed E-state index contributed by atoms with van der Waals surface area (Å²) in [4.78, 5) is 12.1. The van der Waals surface area contributed by atoms with E-state index in [9.17, 15) is 18.0 Å². The lowest BCUT2D eigenvalue weighted by atomic mass is 10.2. The predicted molar refractivity (Wildman–Crippen MR) is 96.1 cm³/mol. The quantitative estimate of drug-likeness (QED) is 0.416. The lowest BCUT2D eigenvalue weighted by Gasteiger charge is -2.09. The van der Waals surface area contributed by atoms with Crippen LogP contribution in [0.1, 0.15) is 27.6 Å². The van der Waals surface area contributed by atoms with Crippen molar-refractivity contribution in [1.29, 1.82) is 0 Å². The van der Waals surface area contributed by atoms with E-state index in [2.05, 4.69) is 5.10 Å². The second kappa shape index (κ2) is 7.93. The largest absolute Gasteiger partial charge is 0.486 e. The van der Waals surface area contributed by atoms with E-state index in [1.165, 1.54) is 35.2 Å². The van der Waals surface area contributed by atoms with Gasteiger partial charge in [-0.15, -0.1) is 0 Å². The first kappa shape index (κ1) is 19.8. The molecule has 0 bridgehead atoms. The molecular weight excluding hydrogens is 397 g/mol. The van der Waals surface area contributed by atoms with E-state index >= 15 is 0 Å². The van der Waals surface area contributed by atoms with Crippen LogP contribution in [0.2, 0.25) is 5.02 Å². The maximum atomic E-state index is 12.7. The first-order valence-corrected chi connectivity index (χ1v) is 8.40. The molecule has 3 aromatic rings. The normalized spacial score (nSPS) is 11.9. The number of benzene rings is 1. The van der Waals surface area contributed by atoms with E-state index in [0.29, 0.717) is 11.5 Å². The zero-order chi connectivity index (χ0) is 20.3. The maximum absolute atomic E-state index is 12.7. The van der Waals surface area contributed by atoms with Crippen LogP contribution in [-0.2, 0) is 19.8 Å². The maximum Gasteiger partial charge on any atom is 0.416 e. The van der Waals surface area contributed by atoms with Crippen LogP contribution < -0.4 is 4.74 Å². The Morgan fingerprint density at radius 2 is 2.11 bits per heavy atom. The number of carbonyl (C=O) groups excluding carboxylic acids is 1. The molecule has 28 heavy (non-hydrogen) atoms. The van der Waals surface area contributed by atoms with Gasteiger partial charge in [0, 0.05) is 13.2 Å². The molecule has 0 aliphatic carbocycles. The summed E-state index contributed by atoms with van der Waals surface area (Å²) < 4.78 is 50.4. The Morgan fingerprint density at radius 1 is 1.32 bits per heavy atom. The molecule has 9 heteroatoms. The van der Waals surface area contributed by atoms with E-state index in [0.717, 1.165) is 12.1 Å². The van der Waals surface area contributed by atoms with Gasteiger partial charge in [-0.1, -0.05) is 17.7 Å². The lowest BCUT2D eigenvalue weighted by molar-refractivity contribution is -0.137. The third kappa shape index (κ3) is 4.83. The molecule has 0 aliphatic heterocycles. The van der Waals surface area contributed by atoms with Crippen molar-refractivity contribution in [1.82, 2.24) is 9.78 Å². The predicted octanol–water partition coefficient (Wildman–Crippen LogP) is 5.16. The van der Waals surface area contributed by atoms with Gasteiger partial charge in [0.2, 0.25) is 5.78 Å². The average molecular weight is 411 g/mol. The molecule has 0 atom stereocenters. The van der Waals surface area contributed by atoms with Crippen LogP contribution in [0.3, 0.4) is 0 Å². The number of carbonyl (C=O) groups is 1. The Bertz CT molecular complexity index is 1020. The van der Waals surface area contributed by atoms with Gasteiger partial charge in [0.1, 0.15) is 23.9 Å². The number of allylic oxidation sites excluding steroid dienone is 1. The molecule has 1 aromatic carbocycles. The van der Waals surface area contributed by atoms with E-state index in [-0.39, 0.29) is 28.9 Å². The number of hydrogen-bond acceptors (Lipinski definition) is 4. The molecule has 0 fully saturated rings. The zero-order valence-corrected chi connectivity index (χ0v) is 15.3. The molecule has 2 aromatic heterocycles. The van der Waals surface area contributed by atoms with Crippen LogP contribution in [0.15, 0.2) is 53.1 Å². The number of ketones is 1. The highest BCUT2D eigenvalue weighted by Gasteiger charge is 2.30. The van der Waals surface area contributed by atoms with Gasteiger partial charge in [0.25, 0.3) is 0 Å². The fraction of sp³-hybridized carbons (Fsp3) is 0.158. The minimum Gasteiger partial charge on any atom is -0.486 e. The van der Waals surface area contributed by atoms with E-state index < -0.39 is 11.7 Å². The smallest absolute Gasteiger partial charge is 0.416 e. The van der Waals surface area contributed by atoms with Crippen LogP contribution in [-0.4, -0.2) is 15.6 Å². The summed E-state index contributed by atoms with van der Waals surface area (Å²) in [7, 11) is 1.65. The number of halogens is 4. The number of ether oxygens (including phenoxy) is 1. The summed E-state index contributed by atoms with van der Waals surface area (Å²) >= 11 is 5.92. The van der Waals surface area contributed by atoms with Crippen molar-refractivity contribution in [2.75, 3.05) is 0 Å². The molecule has 5 nitrogen and oxygen atoms in total. The number of nitrogens with zero attached hydrogens (tertiary/aromatic N) is 2. The van der Waals surface area contributed by atoms with Crippen LogP contribution in [0.25, 0.3) is 6.08 Å². The van der Waals surface area contributed by atoms with E-state index in [4.69, 9.17) is 20.8 Å². The highest BCUT2D eigenvalue weighted by atomic mass is 35.5. The van der Waals surface area contributed by atoms with Crippen molar-refractivity contribution in [2.45, 2.75) is 12.8 Å². The van der Waals surface area contributed by atoms with Gasteiger partial charge in [-0.05, 0) is 42.5 Å². The molecule has 0 saturated carbocycles. The number of hydrogen-bond donors (Lipinski definition) is 0. The van der Waals surface area contributed by atoms with Crippen molar-refractivity contribution in [3.05, 3.63) is 76.5 Å². The van der Waals surface area contributed by atoms with Gasteiger partial charge in [-0.2, -0.15) is 18.3 Å². The number of aryl methyl sites for hydroxylation is 1. The standard InChI is InChI=1S/C19H14ClF3N2O3/c1-25-10-16(20)18(24-25)17(26)8-7-13-5-6-15(28-13)11-27-14-4-2-3-12(9-14)19(21,22)23/h2-10H,11H2,1H3/b8-7+. The van der Waals surface area contributed by atoms with Crippen LogP contribution in [0.5, 0.6) is 5.75 Å². The van der Waals surface area contributed by atoms with Crippen molar-refractivity contribution in [3.8, 4) is 5.75 Å². The molecular formula is C19H14ClF3N2O3. The fourth-order valence-corrected chi connectivity index (χ4v) is 2.61. The molecule has 146 valence electrons. The topological polar surface area (TPSA) is 57.3 Å². The Kier molecular flexibility index (Phi) is 5.60. The lowest BCUT2D eigenvalue weighted by Crippen LogP contribution is -2.05. The molecule has 0 saturated heterocycles. The average Bonchev–Trinajstić information content (AvgIpc) is 3.23. The van der Waals surface area contributed by atoms with Gasteiger partial charge in [-0.25, -0.2) is 0 Å². The number of rotatable bonds is 6. The minimum absolute atomic E-state index is 0.0604. The Labute approximate surface area is 163 Å². The first-order valence-electron chi connectivity index (χ1n) is 8.03. The van der Waals surface area contributed by atoms with E-state index in [1.54, 1.807) is 19.2 Å². The SMILES string of the molecule is Cn1cc(Cl)c(C(=O)/C=C/c2ccc(COc3cccc(C(F)(F)F)c3)o2)n1. The number of aromatic nitrogens is 2.